The molecule has 2 fully saturated rings. The molecule has 1 aliphatic carbocycles. The zero-order chi connectivity index (χ0) is 9.26. The zero-order valence-corrected chi connectivity index (χ0v) is 9.26. The van der Waals surface area contributed by atoms with Crippen molar-refractivity contribution in [2.24, 2.45) is 5.92 Å². The van der Waals surface area contributed by atoms with Crippen molar-refractivity contribution >= 4 is 11.6 Å². The molecule has 0 aromatic heterocycles. The molecule has 0 radical (unpaired) electrons. The molecular formula is C11H20ClN. The molecule has 1 heterocycles. The number of likely N-dealkylation sites (tertiary alicyclic amines) is 1. The molecule has 0 aromatic rings. The lowest BCUT2D eigenvalue weighted by Crippen LogP contribution is -2.40. The van der Waals surface area contributed by atoms with E-state index in [-0.39, 0.29) is 0 Å². The maximum Gasteiger partial charge on any atom is 0.0382 e. The van der Waals surface area contributed by atoms with Gasteiger partial charge in [-0.25, -0.2) is 0 Å². The van der Waals surface area contributed by atoms with E-state index >= 15 is 0 Å². The monoisotopic (exact) mass is 201 g/mol. The van der Waals surface area contributed by atoms with Crippen LogP contribution in [0, 0.1) is 5.92 Å². The molecule has 0 amide bonds. The van der Waals surface area contributed by atoms with Gasteiger partial charge in [0.2, 0.25) is 0 Å². The van der Waals surface area contributed by atoms with Gasteiger partial charge in [-0.2, -0.15) is 0 Å². The van der Waals surface area contributed by atoms with Crippen molar-refractivity contribution in [3.8, 4) is 0 Å². The van der Waals surface area contributed by atoms with Crippen molar-refractivity contribution in [2.45, 2.75) is 51.1 Å². The van der Waals surface area contributed by atoms with Gasteiger partial charge in [-0.15, -0.1) is 11.6 Å². The molecule has 1 saturated heterocycles. The Bertz CT molecular complexity index is 165. The molecule has 2 unspecified atom stereocenters. The van der Waals surface area contributed by atoms with E-state index < -0.39 is 0 Å². The third-order valence-corrected chi connectivity index (χ3v) is 4.19. The minimum atomic E-state index is 0.671. The van der Waals surface area contributed by atoms with Gasteiger partial charge in [0.1, 0.15) is 0 Å². The quantitative estimate of drug-likeness (QED) is 0.622. The lowest BCUT2D eigenvalue weighted by atomic mass is 10.0. The summed E-state index contributed by atoms with van der Waals surface area (Å²) < 4.78 is 0. The van der Waals surface area contributed by atoms with E-state index in [1.165, 1.54) is 38.6 Å². The summed E-state index contributed by atoms with van der Waals surface area (Å²) in [5.74, 6) is 1.65. The highest BCUT2D eigenvalue weighted by Gasteiger charge is 2.35. The molecule has 2 aliphatic rings. The summed E-state index contributed by atoms with van der Waals surface area (Å²) in [5.41, 5.74) is 0. The Labute approximate surface area is 86.4 Å². The minimum Gasteiger partial charge on any atom is -0.296 e. The van der Waals surface area contributed by atoms with Gasteiger partial charge in [0.05, 0.1) is 0 Å². The lowest BCUT2D eigenvalue weighted by molar-refractivity contribution is 0.180. The third-order valence-electron chi connectivity index (χ3n) is 3.88. The maximum atomic E-state index is 6.03. The predicted octanol–water partition coefficient (Wildman–Crippen LogP) is 2.88. The van der Waals surface area contributed by atoms with Crippen LogP contribution >= 0.6 is 11.6 Å². The summed E-state index contributed by atoms with van der Waals surface area (Å²) in [4.78, 5) is 2.69. The Hall–Kier alpha value is 0.250. The minimum absolute atomic E-state index is 0.671. The number of nitrogens with zero attached hydrogens (tertiary/aromatic N) is 1. The van der Waals surface area contributed by atoms with Crippen LogP contribution in [0.1, 0.15) is 39.0 Å². The third kappa shape index (κ3) is 1.87. The Balaban J connectivity index is 1.97. The molecule has 2 atom stereocenters. The van der Waals surface area contributed by atoms with Gasteiger partial charge in [-0.05, 0) is 31.7 Å². The lowest BCUT2D eigenvalue weighted by Gasteiger charge is -2.30. The van der Waals surface area contributed by atoms with E-state index in [9.17, 15) is 0 Å². The van der Waals surface area contributed by atoms with E-state index in [0.717, 1.165) is 17.8 Å². The van der Waals surface area contributed by atoms with Crippen molar-refractivity contribution < 1.29 is 0 Å². The molecule has 0 bridgehead atoms. The van der Waals surface area contributed by atoms with Crippen molar-refractivity contribution in [1.82, 2.24) is 4.90 Å². The van der Waals surface area contributed by atoms with Gasteiger partial charge in [0, 0.05) is 18.0 Å². The molecule has 76 valence electrons. The smallest absolute Gasteiger partial charge is 0.0382 e. The molecule has 1 aliphatic heterocycles. The first-order valence-corrected chi connectivity index (χ1v) is 6.18. The van der Waals surface area contributed by atoms with Crippen LogP contribution in [-0.4, -0.2) is 29.4 Å². The van der Waals surface area contributed by atoms with Gasteiger partial charge in [-0.3, -0.25) is 4.90 Å². The van der Waals surface area contributed by atoms with Gasteiger partial charge in [0.15, 0.2) is 0 Å². The second kappa shape index (κ2) is 4.18. The average molecular weight is 202 g/mol. The summed E-state index contributed by atoms with van der Waals surface area (Å²) in [5, 5.41) is 0. The van der Waals surface area contributed by atoms with Crippen LogP contribution in [-0.2, 0) is 0 Å². The highest BCUT2D eigenvalue weighted by Crippen LogP contribution is 2.33. The van der Waals surface area contributed by atoms with Crippen LogP contribution in [0.25, 0.3) is 0 Å². The molecule has 13 heavy (non-hydrogen) atoms. The van der Waals surface area contributed by atoms with E-state index in [1.54, 1.807) is 0 Å². The van der Waals surface area contributed by atoms with E-state index in [4.69, 9.17) is 11.6 Å². The summed E-state index contributed by atoms with van der Waals surface area (Å²) in [7, 11) is 0. The van der Waals surface area contributed by atoms with Gasteiger partial charge >= 0.3 is 0 Å². The van der Waals surface area contributed by atoms with Crippen molar-refractivity contribution in [1.29, 1.82) is 0 Å². The molecular weight excluding hydrogens is 182 g/mol. The summed E-state index contributed by atoms with van der Waals surface area (Å²) in [6, 6.07) is 1.54. The van der Waals surface area contributed by atoms with Gasteiger partial charge < -0.3 is 0 Å². The number of alkyl halides is 1. The van der Waals surface area contributed by atoms with E-state index in [0.29, 0.717) is 6.04 Å². The van der Waals surface area contributed by atoms with E-state index in [1.807, 2.05) is 0 Å². The molecule has 2 rings (SSSR count). The second-order valence-corrected chi connectivity index (χ2v) is 4.97. The van der Waals surface area contributed by atoms with Crippen molar-refractivity contribution in [3.05, 3.63) is 0 Å². The Morgan fingerprint density at radius 1 is 1.23 bits per heavy atom. The fourth-order valence-electron chi connectivity index (χ4n) is 2.97. The fourth-order valence-corrected chi connectivity index (χ4v) is 3.45. The zero-order valence-electron chi connectivity index (χ0n) is 8.51. The number of rotatable bonds is 2. The number of halogens is 1. The SMILES string of the molecule is CC1CCN(C2CCCC2)C1CCl. The topological polar surface area (TPSA) is 3.24 Å². The normalized spacial score (nSPS) is 37.4. The van der Waals surface area contributed by atoms with Crippen molar-refractivity contribution in [2.75, 3.05) is 12.4 Å². The van der Waals surface area contributed by atoms with Crippen LogP contribution in [0.4, 0.5) is 0 Å². The summed E-state index contributed by atoms with van der Waals surface area (Å²) >= 11 is 6.03. The molecule has 1 nitrogen and oxygen atoms in total. The van der Waals surface area contributed by atoms with Crippen LogP contribution in [0.5, 0.6) is 0 Å². The van der Waals surface area contributed by atoms with Crippen LogP contribution < -0.4 is 0 Å². The van der Waals surface area contributed by atoms with Gasteiger partial charge in [0.25, 0.3) is 0 Å². The van der Waals surface area contributed by atoms with Gasteiger partial charge in [-0.1, -0.05) is 19.8 Å². The molecule has 0 aromatic carbocycles. The standard InChI is InChI=1S/C11H20ClN/c1-9-6-7-13(11(9)8-12)10-4-2-3-5-10/h9-11H,2-8H2,1H3. The Kier molecular flexibility index (Phi) is 3.15. The van der Waals surface area contributed by atoms with Crippen LogP contribution in [0.3, 0.4) is 0 Å². The van der Waals surface area contributed by atoms with Crippen LogP contribution in [0.15, 0.2) is 0 Å². The fraction of sp³-hybridized carbons (Fsp3) is 1.00. The highest BCUT2D eigenvalue weighted by atomic mass is 35.5. The van der Waals surface area contributed by atoms with E-state index in [2.05, 4.69) is 11.8 Å². The summed E-state index contributed by atoms with van der Waals surface area (Å²) in [6.07, 6.45) is 7.06. The van der Waals surface area contributed by atoms with Crippen molar-refractivity contribution in [3.63, 3.8) is 0 Å². The maximum absolute atomic E-state index is 6.03. The molecule has 0 N–H and O–H groups in total. The number of hydrogen-bond acceptors (Lipinski definition) is 1. The molecule has 0 spiro atoms. The molecule has 2 heteroatoms. The predicted molar refractivity (Wildman–Crippen MR) is 57.3 cm³/mol. The second-order valence-electron chi connectivity index (χ2n) is 4.66. The summed E-state index contributed by atoms with van der Waals surface area (Å²) in [6.45, 7) is 3.64. The first kappa shape index (κ1) is 9.79. The number of hydrogen-bond donors (Lipinski definition) is 0. The first-order chi connectivity index (χ1) is 6.33. The largest absolute Gasteiger partial charge is 0.296 e. The van der Waals surface area contributed by atoms with Crippen LogP contribution in [0.2, 0.25) is 0 Å². The Morgan fingerprint density at radius 3 is 2.54 bits per heavy atom. The average Bonchev–Trinajstić information content (AvgIpc) is 2.71. The first-order valence-electron chi connectivity index (χ1n) is 5.64. The Morgan fingerprint density at radius 2 is 1.92 bits per heavy atom. The highest BCUT2D eigenvalue weighted by molar-refractivity contribution is 6.18. The molecule has 1 saturated carbocycles.